The summed E-state index contributed by atoms with van der Waals surface area (Å²) in [6.07, 6.45) is 0. The Morgan fingerprint density at radius 3 is 2.21 bits per heavy atom. The molecule has 2 rings (SSSR count). The third kappa shape index (κ3) is 3.13. The first-order valence-corrected chi connectivity index (χ1v) is 6.15. The van der Waals surface area contributed by atoms with E-state index in [-0.39, 0.29) is 11.7 Å². The Labute approximate surface area is 112 Å². The van der Waals surface area contributed by atoms with E-state index in [0.717, 1.165) is 22.4 Å². The standard InChI is InChI=1S/C16H17NO2/c1-10-6-11(2)8-14(7-10)17-16(19)13-5-4-12(3)15(18)9-13/h4-9,18H,1-3H3,(H,17,19). The van der Waals surface area contributed by atoms with Gasteiger partial charge in [0.15, 0.2) is 0 Å². The lowest BCUT2D eigenvalue weighted by atomic mass is 10.1. The highest BCUT2D eigenvalue weighted by Crippen LogP contribution is 2.19. The van der Waals surface area contributed by atoms with Crippen LogP contribution in [0.4, 0.5) is 5.69 Å². The number of carbonyl (C=O) groups excluding carboxylic acids is 1. The Kier molecular flexibility index (Phi) is 3.56. The van der Waals surface area contributed by atoms with Crippen LogP contribution in [-0.4, -0.2) is 11.0 Å². The van der Waals surface area contributed by atoms with Gasteiger partial charge in [0.25, 0.3) is 5.91 Å². The number of aromatic hydroxyl groups is 1. The lowest BCUT2D eigenvalue weighted by molar-refractivity contribution is 0.102. The fraction of sp³-hybridized carbons (Fsp3) is 0.188. The molecule has 3 nitrogen and oxygen atoms in total. The first-order valence-electron chi connectivity index (χ1n) is 6.15. The highest BCUT2D eigenvalue weighted by molar-refractivity contribution is 6.04. The highest BCUT2D eigenvalue weighted by Gasteiger charge is 2.08. The minimum atomic E-state index is -0.222. The van der Waals surface area contributed by atoms with Crippen LogP contribution >= 0.6 is 0 Å². The zero-order valence-corrected chi connectivity index (χ0v) is 11.3. The molecule has 19 heavy (non-hydrogen) atoms. The molecule has 0 spiro atoms. The second-order valence-corrected chi connectivity index (χ2v) is 4.83. The van der Waals surface area contributed by atoms with Crippen LogP contribution in [-0.2, 0) is 0 Å². The molecule has 3 heteroatoms. The summed E-state index contributed by atoms with van der Waals surface area (Å²) in [6, 6.07) is 10.8. The zero-order chi connectivity index (χ0) is 14.0. The molecule has 0 heterocycles. The first-order chi connectivity index (χ1) is 8.95. The smallest absolute Gasteiger partial charge is 0.255 e. The van der Waals surface area contributed by atoms with E-state index < -0.39 is 0 Å². The summed E-state index contributed by atoms with van der Waals surface area (Å²) < 4.78 is 0. The second kappa shape index (κ2) is 5.14. The molecular formula is C16H17NO2. The van der Waals surface area contributed by atoms with Gasteiger partial charge in [-0.1, -0.05) is 12.1 Å². The summed E-state index contributed by atoms with van der Waals surface area (Å²) in [4.78, 5) is 12.1. The van der Waals surface area contributed by atoms with Crippen molar-refractivity contribution in [2.24, 2.45) is 0 Å². The van der Waals surface area contributed by atoms with Crippen molar-refractivity contribution in [3.05, 3.63) is 58.7 Å². The molecule has 2 aromatic carbocycles. The summed E-state index contributed by atoms with van der Waals surface area (Å²) in [6.45, 7) is 5.77. The number of nitrogens with one attached hydrogen (secondary N) is 1. The van der Waals surface area contributed by atoms with Gasteiger partial charge in [0.1, 0.15) is 5.75 Å². The van der Waals surface area contributed by atoms with Gasteiger partial charge in [-0.3, -0.25) is 4.79 Å². The number of carbonyl (C=O) groups is 1. The summed E-state index contributed by atoms with van der Waals surface area (Å²) in [7, 11) is 0. The average Bonchev–Trinajstić information content (AvgIpc) is 2.31. The number of amides is 1. The molecule has 98 valence electrons. The molecule has 0 aliphatic rings. The van der Waals surface area contributed by atoms with Crippen LogP contribution in [0.15, 0.2) is 36.4 Å². The molecule has 0 saturated carbocycles. The van der Waals surface area contributed by atoms with Gasteiger partial charge in [-0.15, -0.1) is 0 Å². The average molecular weight is 255 g/mol. The predicted molar refractivity (Wildman–Crippen MR) is 76.7 cm³/mol. The minimum absolute atomic E-state index is 0.132. The minimum Gasteiger partial charge on any atom is -0.508 e. The maximum Gasteiger partial charge on any atom is 0.255 e. The molecule has 2 aromatic rings. The van der Waals surface area contributed by atoms with Crippen molar-refractivity contribution >= 4 is 11.6 Å². The number of anilines is 1. The van der Waals surface area contributed by atoms with Gasteiger partial charge in [-0.2, -0.15) is 0 Å². The van der Waals surface area contributed by atoms with Crippen molar-refractivity contribution in [3.8, 4) is 5.75 Å². The molecule has 0 fully saturated rings. The van der Waals surface area contributed by atoms with Crippen LogP contribution in [0, 0.1) is 20.8 Å². The number of aryl methyl sites for hydroxylation is 3. The lowest BCUT2D eigenvalue weighted by Crippen LogP contribution is -2.12. The monoisotopic (exact) mass is 255 g/mol. The van der Waals surface area contributed by atoms with E-state index in [4.69, 9.17) is 0 Å². The third-order valence-electron chi connectivity index (χ3n) is 2.95. The van der Waals surface area contributed by atoms with Gasteiger partial charge < -0.3 is 10.4 Å². The molecule has 2 N–H and O–H groups in total. The SMILES string of the molecule is Cc1cc(C)cc(NC(=O)c2ccc(C)c(O)c2)c1. The summed E-state index contributed by atoms with van der Waals surface area (Å²) in [5, 5.41) is 12.5. The van der Waals surface area contributed by atoms with Crippen LogP contribution in [0.3, 0.4) is 0 Å². The van der Waals surface area contributed by atoms with Gasteiger partial charge in [0, 0.05) is 11.3 Å². The Hall–Kier alpha value is -2.29. The Morgan fingerprint density at radius 1 is 1.00 bits per heavy atom. The number of phenols is 1. The molecule has 0 bridgehead atoms. The van der Waals surface area contributed by atoms with E-state index in [2.05, 4.69) is 5.32 Å². The molecule has 0 atom stereocenters. The molecule has 0 saturated heterocycles. The molecule has 0 radical (unpaired) electrons. The van der Waals surface area contributed by atoms with Crippen LogP contribution in [0.2, 0.25) is 0 Å². The van der Waals surface area contributed by atoms with Crippen LogP contribution in [0.25, 0.3) is 0 Å². The van der Waals surface area contributed by atoms with Crippen LogP contribution in [0.5, 0.6) is 5.75 Å². The van der Waals surface area contributed by atoms with E-state index in [1.54, 1.807) is 19.1 Å². The van der Waals surface area contributed by atoms with E-state index in [9.17, 15) is 9.90 Å². The number of phenolic OH excluding ortho intramolecular Hbond substituents is 1. The molecule has 0 aromatic heterocycles. The van der Waals surface area contributed by atoms with Crippen molar-refractivity contribution in [1.29, 1.82) is 0 Å². The number of rotatable bonds is 2. The molecule has 0 unspecified atom stereocenters. The quantitative estimate of drug-likeness (QED) is 0.861. The van der Waals surface area contributed by atoms with Crippen molar-refractivity contribution in [2.75, 3.05) is 5.32 Å². The van der Waals surface area contributed by atoms with Gasteiger partial charge in [0.05, 0.1) is 0 Å². The fourth-order valence-corrected chi connectivity index (χ4v) is 2.00. The van der Waals surface area contributed by atoms with Crippen molar-refractivity contribution in [1.82, 2.24) is 0 Å². The van der Waals surface area contributed by atoms with Gasteiger partial charge in [-0.25, -0.2) is 0 Å². The van der Waals surface area contributed by atoms with Crippen LogP contribution < -0.4 is 5.32 Å². The maximum atomic E-state index is 12.1. The second-order valence-electron chi connectivity index (χ2n) is 4.83. The van der Waals surface area contributed by atoms with Gasteiger partial charge >= 0.3 is 0 Å². The molecule has 1 amide bonds. The van der Waals surface area contributed by atoms with E-state index in [1.807, 2.05) is 32.0 Å². The zero-order valence-electron chi connectivity index (χ0n) is 11.3. The van der Waals surface area contributed by atoms with Crippen molar-refractivity contribution in [2.45, 2.75) is 20.8 Å². The maximum absolute atomic E-state index is 12.1. The van der Waals surface area contributed by atoms with E-state index in [0.29, 0.717) is 5.56 Å². The summed E-state index contributed by atoms with van der Waals surface area (Å²) in [5.41, 5.74) is 4.16. The third-order valence-corrected chi connectivity index (χ3v) is 2.95. The Morgan fingerprint density at radius 2 is 1.63 bits per heavy atom. The summed E-state index contributed by atoms with van der Waals surface area (Å²) >= 11 is 0. The topological polar surface area (TPSA) is 49.3 Å². The van der Waals surface area contributed by atoms with Gasteiger partial charge in [0.2, 0.25) is 0 Å². The largest absolute Gasteiger partial charge is 0.508 e. The van der Waals surface area contributed by atoms with Crippen molar-refractivity contribution < 1.29 is 9.90 Å². The number of hydrogen-bond donors (Lipinski definition) is 2. The summed E-state index contributed by atoms with van der Waals surface area (Å²) in [5.74, 6) is -0.0895. The number of hydrogen-bond acceptors (Lipinski definition) is 2. The number of benzene rings is 2. The highest BCUT2D eigenvalue weighted by atomic mass is 16.3. The Bertz CT molecular complexity index is 612. The van der Waals surface area contributed by atoms with E-state index >= 15 is 0 Å². The molecule has 0 aliphatic heterocycles. The van der Waals surface area contributed by atoms with Gasteiger partial charge in [-0.05, 0) is 61.7 Å². The normalized spacial score (nSPS) is 10.3. The first kappa shape index (κ1) is 13.1. The van der Waals surface area contributed by atoms with Crippen LogP contribution in [0.1, 0.15) is 27.0 Å². The van der Waals surface area contributed by atoms with Crippen molar-refractivity contribution in [3.63, 3.8) is 0 Å². The molecule has 0 aliphatic carbocycles. The lowest BCUT2D eigenvalue weighted by Gasteiger charge is -2.08. The fourth-order valence-electron chi connectivity index (χ4n) is 2.00. The van der Waals surface area contributed by atoms with E-state index in [1.165, 1.54) is 6.07 Å². The molecular weight excluding hydrogens is 238 g/mol. The predicted octanol–water partition coefficient (Wildman–Crippen LogP) is 3.57. The Balaban J connectivity index is 2.22.